The Hall–Kier alpha value is -3.77. The molecule has 1 aliphatic rings. The van der Waals surface area contributed by atoms with Crippen LogP contribution in [-0.4, -0.2) is 73.3 Å². The van der Waals surface area contributed by atoms with Crippen molar-refractivity contribution in [2.45, 2.75) is 53.0 Å². The van der Waals surface area contributed by atoms with Crippen molar-refractivity contribution in [2.24, 2.45) is 0 Å². The van der Waals surface area contributed by atoms with Gasteiger partial charge >= 0.3 is 14.9 Å². The first kappa shape index (κ1) is 34.1. The largest absolute Gasteiger partial charge is 0.502 e. The summed E-state index contributed by atoms with van der Waals surface area (Å²) in [5.74, 6) is -0.686. The second-order valence-corrected chi connectivity index (χ2v) is 13.5. The normalized spacial score (nSPS) is 13.0. The Kier molecular flexibility index (Phi) is 12.1. The van der Waals surface area contributed by atoms with E-state index in [9.17, 15) is 14.4 Å². The summed E-state index contributed by atoms with van der Waals surface area (Å²) in [5.41, 5.74) is 3.53. The van der Waals surface area contributed by atoms with Gasteiger partial charge in [-0.2, -0.15) is 0 Å². The van der Waals surface area contributed by atoms with Crippen molar-refractivity contribution >= 4 is 48.9 Å². The molecule has 45 heavy (non-hydrogen) atoms. The van der Waals surface area contributed by atoms with Gasteiger partial charge in [-0.15, -0.1) is 0 Å². The fraction of sp³-hybridized carbons (Fsp3) is 0.441. The highest BCUT2D eigenvalue weighted by Gasteiger charge is 2.40. The third-order valence-electron chi connectivity index (χ3n) is 7.76. The van der Waals surface area contributed by atoms with Crippen LogP contribution in [0.2, 0.25) is 6.04 Å². The number of benzene rings is 3. The summed E-state index contributed by atoms with van der Waals surface area (Å²) >= 11 is 0. The zero-order valence-corrected chi connectivity index (χ0v) is 28.0. The Labute approximate surface area is 266 Å². The number of unbranched alkanes of at least 4 members (excludes halogenated alkanes) is 1. The lowest BCUT2D eigenvalue weighted by molar-refractivity contribution is 0.0711. The first-order valence-corrected chi connectivity index (χ1v) is 17.8. The zero-order valence-electron chi connectivity index (χ0n) is 27.0. The number of carbonyl (C=O) groups is 3. The van der Waals surface area contributed by atoms with E-state index >= 15 is 0 Å². The second kappa shape index (κ2) is 16.0. The third-order valence-corrected chi connectivity index (χ3v) is 10.8. The molecular weight excluding hydrogens is 590 g/mol. The van der Waals surface area contributed by atoms with Crippen molar-refractivity contribution in [1.29, 1.82) is 0 Å². The van der Waals surface area contributed by atoms with Crippen LogP contribution < -0.4 is 15.1 Å². The molecule has 0 saturated heterocycles. The van der Waals surface area contributed by atoms with E-state index in [2.05, 4.69) is 12.2 Å². The molecule has 0 radical (unpaired) electrons. The lowest BCUT2D eigenvalue weighted by atomic mass is 9.92. The number of ether oxygens (including phenoxy) is 1. The van der Waals surface area contributed by atoms with Gasteiger partial charge in [0.05, 0.1) is 12.2 Å². The summed E-state index contributed by atoms with van der Waals surface area (Å²) in [6.45, 7) is 10.1. The van der Waals surface area contributed by atoms with E-state index in [0.29, 0.717) is 61.2 Å². The van der Waals surface area contributed by atoms with Gasteiger partial charge in [0.15, 0.2) is 0 Å². The molecule has 0 unspecified atom stereocenters. The number of carbonyl (C=O) groups excluding carboxylic acids is 3. The number of anilines is 2. The maximum atomic E-state index is 13.7. The molecule has 0 atom stereocenters. The van der Waals surface area contributed by atoms with Crippen LogP contribution in [0.1, 0.15) is 66.8 Å². The Bertz CT molecular complexity index is 1440. The van der Waals surface area contributed by atoms with Crippen LogP contribution in [0.3, 0.4) is 0 Å². The van der Waals surface area contributed by atoms with Crippen LogP contribution in [0.15, 0.2) is 54.6 Å². The van der Waals surface area contributed by atoms with Crippen molar-refractivity contribution in [3.8, 4) is 0 Å². The van der Waals surface area contributed by atoms with Gasteiger partial charge in [-0.05, 0) is 69.5 Å². The monoisotopic (exact) mass is 635 g/mol. The molecule has 1 aliphatic heterocycles. The highest BCUT2D eigenvalue weighted by Crippen LogP contribution is 2.37. The summed E-state index contributed by atoms with van der Waals surface area (Å²) in [6.07, 6.45) is 2.62. The number of imide groups is 1. The summed E-state index contributed by atoms with van der Waals surface area (Å²) in [5, 5.41) is 4.19. The molecule has 11 heteroatoms. The highest BCUT2D eigenvalue weighted by molar-refractivity contribution is 6.60. The quantitative estimate of drug-likeness (QED) is 0.138. The number of aryl methyl sites for hydroxylation is 1. The van der Waals surface area contributed by atoms with Crippen molar-refractivity contribution in [1.82, 2.24) is 5.32 Å². The molecule has 0 aliphatic carbocycles. The third kappa shape index (κ3) is 7.91. The fourth-order valence-corrected chi connectivity index (χ4v) is 8.04. The number of likely N-dealkylation sites (N-methyl/N-ethyl adjacent to an activating group) is 1. The molecule has 0 saturated carbocycles. The topological polar surface area (TPSA) is 107 Å². The zero-order chi connectivity index (χ0) is 32.4. The maximum Gasteiger partial charge on any atom is 0.502 e. The van der Waals surface area contributed by atoms with E-state index in [0.717, 1.165) is 30.3 Å². The van der Waals surface area contributed by atoms with Gasteiger partial charge in [-0.1, -0.05) is 37.6 Å². The summed E-state index contributed by atoms with van der Waals surface area (Å²) in [7, 11) is -0.974. The van der Waals surface area contributed by atoms with Crippen LogP contribution in [-0.2, 0) is 24.4 Å². The molecule has 0 spiro atoms. The van der Waals surface area contributed by atoms with E-state index in [1.165, 1.54) is 10.5 Å². The predicted molar refractivity (Wildman–Crippen MR) is 178 cm³/mol. The Balaban J connectivity index is 1.40. The number of hydrogen-bond donors (Lipinski definition) is 1. The molecule has 10 nitrogen and oxygen atoms in total. The molecule has 0 aromatic heterocycles. The van der Waals surface area contributed by atoms with E-state index < -0.39 is 14.9 Å². The molecule has 242 valence electrons. The first-order valence-electron chi connectivity index (χ1n) is 15.9. The van der Waals surface area contributed by atoms with Crippen LogP contribution >= 0.6 is 0 Å². The molecular formula is C34H45N3O7Si. The SMILES string of the molecule is CCCCc1ccc(N2C(=O)c3cccc4c(N(C)CCOC(=O)NCC[Si](OCC)(OCC)OCC)ccc(c34)C2=O)cc1. The van der Waals surface area contributed by atoms with E-state index in [4.69, 9.17) is 18.0 Å². The van der Waals surface area contributed by atoms with Gasteiger partial charge in [-0.25, -0.2) is 9.69 Å². The fourth-order valence-electron chi connectivity index (χ4n) is 5.61. The average Bonchev–Trinajstić information content (AvgIpc) is 3.03. The number of hydrogen-bond acceptors (Lipinski definition) is 8. The minimum Gasteiger partial charge on any atom is -0.448 e. The lowest BCUT2D eigenvalue weighted by Gasteiger charge is -2.29. The van der Waals surface area contributed by atoms with E-state index in [1.807, 2.05) is 75.2 Å². The average molecular weight is 636 g/mol. The van der Waals surface area contributed by atoms with Gasteiger partial charge in [-0.3, -0.25) is 9.59 Å². The van der Waals surface area contributed by atoms with Crippen molar-refractivity contribution in [3.63, 3.8) is 0 Å². The molecule has 3 amide bonds. The predicted octanol–water partition coefficient (Wildman–Crippen LogP) is 6.19. The lowest BCUT2D eigenvalue weighted by Crippen LogP contribution is -2.48. The van der Waals surface area contributed by atoms with Crippen molar-refractivity contribution in [3.05, 3.63) is 71.3 Å². The van der Waals surface area contributed by atoms with Crippen LogP contribution in [0.5, 0.6) is 0 Å². The van der Waals surface area contributed by atoms with Gasteiger partial charge in [0.1, 0.15) is 6.61 Å². The van der Waals surface area contributed by atoms with Gasteiger partial charge in [0, 0.05) is 67.0 Å². The molecule has 0 fully saturated rings. The molecule has 3 aromatic carbocycles. The number of nitrogens with zero attached hydrogens (tertiary/aromatic N) is 2. The minimum absolute atomic E-state index is 0.135. The number of amides is 3. The summed E-state index contributed by atoms with van der Waals surface area (Å²) in [6, 6.07) is 17.3. The highest BCUT2D eigenvalue weighted by atomic mass is 28.4. The first-order chi connectivity index (χ1) is 21.8. The number of nitrogens with one attached hydrogen (secondary N) is 1. The second-order valence-electron chi connectivity index (χ2n) is 10.8. The Morgan fingerprint density at radius 1 is 0.867 bits per heavy atom. The van der Waals surface area contributed by atoms with Crippen LogP contribution in [0.4, 0.5) is 16.2 Å². The molecule has 1 N–H and O–H groups in total. The minimum atomic E-state index is -2.86. The molecule has 3 aromatic rings. The summed E-state index contributed by atoms with van der Waals surface area (Å²) < 4.78 is 22.9. The Morgan fingerprint density at radius 2 is 1.51 bits per heavy atom. The molecule has 0 bridgehead atoms. The van der Waals surface area contributed by atoms with Crippen molar-refractivity contribution < 1.29 is 32.4 Å². The number of rotatable bonds is 17. The van der Waals surface area contributed by atoms with Crippen LogP contribution in [0, 0.1) is 0 Å². The van der Waals surface area contributed by atoms with E-state index in [1.54, 1.807) is 12.1 Å². The standard InChI is InChI=1S/C34H45N3O7Si/c1-6-10-12-25-15-17-26(18-16-25)37-32(38)28-14-11-13-27-30(20-19-29(31(27)28)33(37)39)36(5)22-23-41-34(40)35-21-24-45(42-7-2,43-8-3)44-9-4/h11,13-20H,6-10,12,21-24H2,1-5H3,(H,35,40). The summed E-state index contributed by atoms with van der Waals surface area (Å²) in [4.78, 5) is 43.0. The van der Waals surface area contributed by atoms with Crippen LogP contribution in [0.25, 0.3) is 10.8 Å². The van der Waals surface area contributed by atoms with Gasteiger partial charge in [0.25, 0.3) is 11.8 Å². The smallest absolute Gasteiger partial charge is 0.448 e. The maximum absolute atomic E-state index is 13.7. The number of alkyl carbamates (subject to hydrolysis) is 1. The van der Waals surface area contributed by atoms with Gasteiger partial charge < -0.3 is 28.2 Å². The van der Waals surface area contributed by atoms with Gasteiger partial charge in [0.2, 0.25) is 0 Å². The Morgan fingerprint density at radius 3 is 2.13 bits per heavy atom. The molecule has 1 heterocycles. The van der Waals surface area contributed by atoms with E-state index in [-0.39, 0.29) is 18.4 Å². The molecule has 4 rings (SSSR count). The van der Waals surface area contributed by atoms with Crippen molar-refractivity contribution in [2.75, 3.05) is 56.4 Å².